The molecule has 3 rings (SSSR count). The number of likely N-dealkylation sites (tertiary alicyclic amines) is 2. The number of nitrogens with zero attached hydrogens (tertiary/aromatic N) is 3. The molecule has 0 radical (unpaired) electrons. The van der Waals surface area contributed by atoms with Gasteiger partial charge in [-0.3, -0.25) is 9.89 Å². The van der Waals surface area contributed by atoms with E-state index in [4.69, 9.17) is 4.99 Å². The maximum atomic E-state index is 10.7. The highest BCUT2D eigenvalue weighted by molar-refractivity contribution is 5.80. The summed E-state index contributed by atoms with van der Waals surface area (Å²) in [5.41, 5.74) is -0.565. The molecule has 1 saturated carbocycles. The minimum absolute atomic E-state index is 0.556. The van der Waals surface area contributed by atoms with Gasteiger partial charge in [0.1, 0.15) is 0 Å². The lowest BCUT2D eigenvalue weighted by atomic mass is 9.85. The molecule has 3 aliphatic rings. The summed E-state index contributed by atoms with van der Waals surface area (Å²) in [7, 11) is 0. The van der Waals surface area contributed by atoms with Crippen LogP contribution < -0.4 is 5.32 Å². The maximum Gasteiger partial charge on any atom is 0.194 e. The van der Waals surface area contributed by atoms with Gasteiger partial charge in [-0.1, -0.05) is 25.7 Å². The Balaban J connectivity index is 1.57. The highest BCUT2D eigenvalue weighted by atomic mass is 16.3. The fourth-order valence-corrected chi connectivity index (χ4v) is 4.53. The van der Waals surface area contributed by atoms with Crippen LogP contribution in [0.25, 0.3) is 0 Å². The Morgan fingerprint density at radius 1 is 1.08 bits per heavy atom. The van der Waals surface area contributed by atoms with Crippen LogP contribution in [-0.4, -0.2) is 71.8 Å². The lowest BCUT2D eigenvalue weighted by Gasteiger charge is -2.33. The van der Waals surface area contributed by atoms with Gasteiger partial charge in [-0.25, -0.2) is 0 Å². The molecular weight excluding hydrogens is 300 g/mol. The maximum absolute atomic E-state index is 10.7. The molecular formula is C19H36N4O. The van der Waals surface area contributed by atoms with Gasteiger partial charge in [0.05, 0.1) is 12.1 Å². The summed E-state index contributed by atoms with van der Waals surface area (Å²) in [6.45, 7) is 8.29. The molecule has 5 heteroatoms. The van der Waals surface area contributed by atoms with E-state index >= 15 is 0 Å². The van der Waals surface area contributed by atoms with Crippen molar-refractivity contribution >= 4 is 5.96 Å². The molecule has 24 heavy (non-hydrogen) atoms. The van der Waals surface area contributed by atoms with E-state index in [2.05, 4.69) is 22.0 Å². The van der Waals surface area contributed by atoms with Crippen LogP contribution >= 0.6 is 0 Å². The molecule has 0 amide bonds. The monoisotopic (exact) mass is 336 g/mol. The zero-order chi connectivity index (χ0) is 16.8. The van der Waals surface area contributed by atoms with Crippen molar-refractivity contribution in [3.8, 4) is 0 Å². The minimum Gasteiger partial charge on any atom is -0.388 e. The highest BCUT2D eigenvalue weighted by Crippen LogP contribution is 2.28. The van der Waals surface area contributed by atoms with Crippen LogP contribution in [0.1, 0.15) is 64.7 Å². The van der Waals surface area contributed by atoms with Gasteiger partial charge < -0.3 is 15.3 Å². The summed E-state index contributed by atoms with van der Waals surface area (Å²) in [5, 5.41) is 14.2. The Morgan fingerprint density at radius 2 is 1.79 bits per heavy atom. The number of guanidine groups is 1. The molecule has 1 unspecified atom stereocenters. The molecule has 1 atom stereocenters. The van der Waals surface area contributed by atoms with E-state index in [0.29, 0.717) is 12.6 Å². The van der Waals surface area contributed by atoms with Crippen LogP contribution in [0, 0.1) is 0 Å². The smallest absolute Gasteiger partial charge is 0.194 e. The predicted molar refractivity (Wildman–Crippen MR) is 99.4 cm³/mol. The Bertz CT molecular complexity index is 414. The fraction of sp³-hybridized carbons (Fsp3) is 0.947. The number of hydrogen-bond donors (Lipinski definition) is 2. The van der Waals surface area contributed by atoms with Gasteiger partial charge in [-0.15, -0.1) is 0 Å². The van der Waals surface area contributed by atoms with Crippen molar-refractivity contribution in [2.45, 2.75) is 76.4 Å². The first-order valence-corrected chi connectivity index (χ1v) is 10.2. The number of hydrogen-bond acceptors (Lipinski definition) is 3. The number of aliphatic imine (C=N–C) groups is 1. The molecule has 0 spiro atoms. The molecule has 0 aromatic carbocycles. The Hall–Kier alpha value is -0.810. The normalized spacial score (nSPS) is 29.0. The number of nitrogens with one attached hydrogen (secondary N) is 1. The van der Waals surface area contributed by atoms with E-state index < -0.39 is 5.60 Å². The summed E-state index contributed by atoms with van der Waals surface area (Å²) in [4.78, 5) is 9.93. The summed E-state index contributed by atoms with van der Waals surface area (Å²) < 4.78 is 0. The number of aliphatic hydroxyl groups is 1. The van der Waals surface area contributed by atoms with Gasteiger partial charge in [-0.05, 0) is 52.1 Å². The largest absolute Gasteiger partial charge is 0.388 e. The third kappa shape index (κ3) is 4.63. The van der Waals surface area contributed by atoms with E-state index in [1.54, 1.807) is 0 Å². The van der Waals surface area contributed by atoms with Crippen LogP contribution in [0.4, 0.5) is 0 Å². The van der Waals surface area contributed by atoms with Gasteiger partial charge in [-0.2, -0.15) is 0 Å². The van der Waals surface area contributed by atoms with Crippen molar-refractivity contribution in [2.75, 3.05) is 39.3 Å². The molecule has 0 aromatic rings. The standard InChI is InChI=1S/C19H36N4O/c1-2-20-18(21-16-19(24)10-5-3-6-11-19)23-14-9-17(15-23)22-12-7-4-8-13-22/h17,24H,2-16H2,1H3,(H,20,21). The molecule has 2 saturated heterocycles. The van der Waals surface area contributed by atoms with E-state index in [1.165, 1.54) is 45.2 Å². The van der Waals surface area contributed by atoms with Gasteiger partial charge in [0.2, 0.25) is 0 Å². The second-order valence-electron chi connectivity index (χ2n) is 7.94. The van der Waals surface area contributed by atoms with Crippen molar-refractivity contribution in [1.82, 2.24) is 15.1 Å². The quantitative estimate of drug-likeness (QED) is 0.610. The van der Waals surface area contributed by atoms with Gasteiger partial charge in [0.15, 0.2) is 5.96 Å². The molecule has 138 valence electrons. The van der Waals surface area contributed by atoms with Crippen LogP contribution in [-0.2, 0) is 0 Å². The lowest BCUT2D eigenvalue weighted by molar-refractivity contribution is 0.0130. The Morgan fingerprint density at radius 3 is 2.50 bits per heavy atom. The van der Waals surface area contributed by atoms with E-state index in [-0.39, 0.29) is 0 Å². The summed E-state index contributed by atoms with van der Waals surface area (Å²) in [5.74, 6) is 1.01. The topological polar surface area (TPSA) is 51.1 Å². The first kappa shape index (κ1) is 18.0. The Labute approximate surface area is 147 Å². The molecule has 3 fully saturated rings. The zero-order valence-electron chi connectivity index (χ0n) is 15.5. The second kappa shape index (κ2) is 8.52. The molecule has 0 bridgehead atoms. The number of piperidine rings is 1. The van der Waals surface area contributed by atoms with Crippen LogP contribution in [0.5, 0.6) is 0 Å². The average Bonchev–Trinajstić information content (AvgIpc) is 3.10. The average molecular weight is 337 g/mol. The number of rotatable bonds is 4. The molecule has 5 nitrogen and oxygen atoms in total. The highest BCUT2D eigenvalue weighted by Gasteiger charge is 2.32. The molecule has 2 heterocycles. The van der Waals surface area contributed by atoms with Crippen LogP contribution in [0.15, 0.2) is 4.99 Å². The van der Waals surface area contributed by atoms with Crippen molar-refractivity contribution in [3.05, 3.63) is 0 Å². The molecule has 2 N–H and O–H groups in total. The van der Waals surface area contributed by atoms with Crippen molar-refractivity contribution in [1.29, 1.82) is 0 Å². The van der Waals surface area contributed by atoms with Gasteiger partial charge in [0, 0.05) is 25.7 Å². The molecule has 0 aromatic heterocycles. The minimum atomic E-state index is -0.565. The van der Waals surface area contributed by atoms with E-state index in [0.717, 1.165) is 51.3 Å². The molecule has 1 aliphatic carbocycles. The van der Waals surface area contributed by atoms with Gasteiger partial charge in [0.25, 0.3) is 0 Å². The lowest BCUT2D eigenvalue weighted by Crippen LogP contribution is -2.45. The summed E-state index contributed by atoms with van der Waals surface area (Å²) in [6, 6.07) is 0.687. The van der Waals surface area contributed by atoms with Crippen LogP contribution in [0.2, 0.25) is 0 Å². The van der Waals surface area contributed by atoms with Crippen molar-refractivity contribution in [3.63, 3.8) is 0 Å². The van der Waals surface area contributed by atoms with Crippen molar-refractivity contribution < 1.29 is 5.11 Å². The van der Waals surface area contributed by atoms with Crippen LogP contribution in [0.3, 0.4) is 0 Å². The van der Waals surface area contributed by atoms with E-state index in [9.17, 15) is 5.11 Å². The summed E-state index contributed by atoms with van der Waals surface area (Å²) in [6.07, 6.45) is 10.7. The van der Waals surface area contributed by atoms with Gasteiger partial charge >= 0.3 is 0 Å². The zero-order valence-corrected chi connectivity index (χ0v) is 15.5. The first-order valence-electron chi connectivity index (χ1n) is 10.2. The second-order valence-corrected chi connectivity index (χ2v) is 7.94. The SMILES string of the molecule is CCNC(=NCC1(O)CCCCC1)N1CCC(N2CCCCC2)C1. The molecule has 2 aliphatic heterocycles. The van der Waals surface area contributed by atoms with E-state index in [1.807, 2.05) is 0 Å². The van der Waals surface area contributed by atoms with Crippen molar-refractivity contribution in [2.24, 2.45) is 4.99 Å². The summed E-state index contributed by atoms with van der Waals surface area (Å²) >= 11 is 0. The fourth-order valence-electron chi connectivity index (χ4n) is 4.53. The third-order valence-electron chi connectivity index (χ3n) is 6.01. The predicted octanol–water partition coefficient (Wildman–Crippen LogP) is 2.21. The Kier molecular flexibility index (Phi) is 6.39. The first-order chi connectivity index (χ1) is 11.7. The third-order valence-corrected chi connectivity index (χ3v) is 6.01.